The van der Waals surface area contributed by atoms with E-state index in [1.807, 2.05) is 6.07 Å². The molecule has 1 atom stereocenters. The number of hydrogen-bond acceptors (Lipinski definition) is 4. The molecule has 0 aliphatic heterocycles. The summed E-state index contributed by atoms with van der Waals surface area (Å²) in [6.45, 7) is 1.66. The molecular formula is C17H16N2O3. The normalized spacial score (nSPS) is 11.1. The number of nitrogens with zero attached hydrogens (tertiary/aromatic N) is 1. The number of carbonyl (C=O) groups is 1. The molecule has 0 saturated carbocycles. The lowest BCUT2D eigenvalue weighted by Crippen LogP contribution is -2.30. The Labute approximate surface area is 129 Å². The fraction of sp³-hybridized carbons (Fsp3) is 0.176. The minimum absolute atomic E-state index is 0.294. The van der Waals surface area contributed by atoms with E-state index in [-0.39, 0.29) is 5.91 Å². The summed E-state index contributed by atoms with van der Waals surface area (Å²) in [6.07, 6.45) is -0.683. The molecule has 0 aliphatic carbocycles. The van der Waals surface area contributed by atoms with E-state index < -0.39 is 6.10 Å². The number of nitriles is 1. The highest BCUT2D eigenvalue weighted by Crippen LogP contribution is 2.20. The molecule has 0 spiro atoms. The molecule has 0 fully saturated rings. The Balaban J connectivity index is 2.01. The zero-order valence-electron chi connectivity index (χ0n) is 12.4. The smallest absolute Gasteiger partial charge is 0.265 e. The maximum Gasteiger partial charge on any atom is 0.265 e. The lowest BCUT2D eigenvalue weighted by molar-refractivity contribution is -0.122. The zero-order valence-corrected chi connectivity index (χ0v) is 12.4. The van der Waals surface area contributed by atoms with E-state index in [0.717, 1.165) is 0 Å². The fourth-order valence-electron chi connectivity index (χ4n) is 1.84. The molecule has 5 heteroatoms. The Bertz CT molecular complexity index is 707. The number of carbonyl (C=O) groups excluding carboxylic acids is 1. The van der Waals surface area contributed by atoms with Crippen molar-refractivity contribution in [1.82, 2.24) is 0 Å². The molecule has 2 aromatic carbocycles. The van der Waals surface area contributed by atoms with Crippen LogP contribution in [0.2, 0.25) is 0 Å². The number of methoxy groups -OCH3 is 1. The van der Waals surface area contributed by atoms with E-state index in [2.05, 4.69) is 5.32 Å². The highest BCUT2D eigenvalue weighted by molar-refractivity contribution is 5.94. The van der Waals surface area contributed by atoms with Gasteiger partial charge in [-0.2, -0.15) is 5.26 Å². The summed E-state index contributed by atoms with van der Waals surface area (Å²) in [6, 6.07) is 15.8. The van der Waals surface area contributed by atoms with Crippen molar-refractivity contribution in [3.63, 3.8) is 0 Å². The van der Waals surface area contributed by atoms with Crippen molar-refractivity contribution in [2.24, 2.45) is 0 Å². The van der Waals surface area contributed by atoms with Gasteiger partial charge in [-0.15, -0.1) is 0 Å². The first-order valence-corrected chi connectivity index (χ1v) is 6.74. The molecule has 0 aliphatic rings. The van der Waals surface area contributed by atoms with E-state index >= 15 is 0 Å². The third kappa shape index (κ3) is 4.00. The van der Waals surface area contributed by atoms with Crippen LogP contribution in [0.25, 0.3) is 0 Å². The van der Waals surface area contributed by atoms with Crippen molar-refractivity contribution in [1.29, 1.82) is 5.26 Å². The van der Waals surface area contributed by atoms with E-state index in [9.17, 15) is 4.79 Å². The van der Waals surface area contributed by atoms with Crippen molar-refractivity contribution in [3.05, 3.63) is 54.1 Å². The second kappa shape index (κ2) is 7.14. The average Bonchev–Trinajstić information content (AvgIpc) is 2.55. The van der Waals surface area contributed by atoms with Crippen molar-refractivity contribution in [3.8, 4) is 17.6 Å². The van der Waals surface area contributed by atoms with Gasteiger partial charge in [0.2, 0.25) is 0 Å². The van der Waals surface area contributed by atoms with Crippen LogP contribution in [0.5, 0.6) is 11.5 Å². The molecule has 22 heavy (non-hydrogen) atoms. The molecule has 1 amide bonds. The summed E-state index contributed by atoms with van der Waals surface area (Å²) in [5.41, 5.74) is 1.05. The van der Waals surface area contributed by atoms with Crippen LogP contribution >= 0.6 is 0 Å². The Hall–Kier alpha value is -3.00. The van der Waals surface area contributed by atoms with Gasteiger partial charge in [0.25, 0.3) is 5.91 Å². The summed E-state index contributed by atoms with van der Waals surface area (Å²) in [4.78, 5) is 12.1. The van der Waals surface area contributed by atoms with Crippen molar-refractivity contribution < 1.29 is 14.3 Å². The Morgan fingerprint density at radius 1 is 1.18 bits per heavy atom. The molecule has 0 saturated heterocycles. The van der Waals surface area contributed by atoms with Gasteiger partial charge in [-0.25, -0.2) is 0 Å². The largest absolute Gasteiger partial charge is 0.497 e. The quantitative estimate of drug-likeness (QED) is 0.920. The van der Waals surface area contributed by atoms with E-state index in [1.165, 1.54) is 0 Å². The molecule has 0 aromatic heterocycles. The standard InChI is InChI=1S/C17H16N2O3/c1-12(22-16-8-4-7-15(10-16)21-2)17(20)19-14-6-3-5-13(9-14)11-18/h3-10,12H,1-2H3,(H,19,20)/t12-/m0/s1. The lowest BCUT2D eigenvalue weighted by Gasteiger charge is -2.15. The molecule has 2 aromatic rings. The number of ether oxygens (including phenoxy) is 2. The fourth-order valence-corrected chi connectivity index (χ4v) is 1.84. The average molecular weight is 296 g/mol. The first kappa shape index (κ1) is 15.4. The number of anilines is 1. The second-order valence-electron chi connectivity index (χ2n) is 4.62. The monoisotopic (exact) mass is 296 g/mol. The van der Waals surface area contributed by atoms with Crippen LogP contribution in [0, 0.1) is 11.3 Å². The molecule has 0 bridgehead atoms. The Kier molecular flexibility index (Phi) is 4.99. The van der Waals surface area contributed by atoms with E-state index in [4.69, 9.17) is 14.7 Å². The lowest BCUT2D eigenvalue weighted by atomic mass is 10.2. The topological polar surface area (TPSA) is 71.3 Å². The van der Waals surface area contributed by atoms with Gasteiger partial charge in [0.15, 0.2) is 6.10 Å². The maximum absolute atomic E-state index is 12.1. The second-order valence-corrected chi connectivity index (χ2v) is 4.62. The number of hydrogen-bond donors (Lipinski definition) is 1. The van der Waals surface area contributed by atoms with Gasteiger partial charge in [-0.3, -0.25) is 4.79 Å². The van der Waals surface area contributed by atoms with Crippen molar-refractivity contribution in [2.75, 3.05) is 12.4 Å². The van der Waals surface area contributed by atoms with Crippen molar-refractivity contribution in [2.45, 2.75) is 13.0 Å². The minimum Gasteiger partial charge on any atom is -0.497 e. The molecule has 1 N–H and O–H groups in total. The minimum atomic E-state index is -0.683. The predicted octanol–water partition coefficient (Wildman–Crippen LogP) is 2.97. The van der Waals surface area contributed by atoms with Gasteiger partial charge >= 0.3 is 0 Å². The first-order valence-electron chi connectivity index (χ1n) is 6.74. The maximum atomic E-state index is 12.1. The summed E-state index contributed by atoms with van der Waals surface area (Å²) in [5.74, 6) is 0.914. The molecule has 0 unspecified atom stereocenters. The van der Waals surface area contributed by atoms with Gasteiger partial charge < -0.3 is 14.8 Å². The van der Waals surface area contributed by atoms with Crippen LogP contribution in [-0.4, -0.2) is 19.1 Å². The number of benzene rings is 2. The number of nitrogens with one attached hydrogen (secondary N) is 1. The Morgan fingerprint density at radius 2 is 1.91 bits per heavy atom. The summed E-state index contributed by atoms with van der Waals surface area (Å²) in [5, 5.41) is 11.6. The summed E-state index contributed by atoms with van der Waals surface area (Å²) >= 11 is 0. The molecule has 5 nitrogen and oxygen atoms in total. The summed E-state index contributed by atoms with van der Waals surface area (Å²) < 4.78 is 10.7. The van der Waals surface area contributed by atoms with Gasteiger partial charge in [0.05, 0.1) is 18.7 Å². The van der Waals surface area contributed by atoms with Crippen molar-refractivity contribution >= 4 is 11.6 Å². The van der Waals surface area contributed by atoms with Crippen LogP contribution in [0.3, 0.4) is 0 Å². The molecule has 112 valence electrons. The molecule has 0 radical (unpaired) electrons. The van der Waals surface area contributed by atoms with Crippen LogP contribution < -0.4 is 14.8 Å². The SMILES string of the molecule is COc1cccc(O[C@@H](C)C(=O)Nc2cccc(C#N)c2)c1. The van der Waals surface area contributed by atoms with E-state index in [0.29, 0.717) is 22.7 Å². The van der Waals surface area contributed by atoms with Crippen LogP contribution in [-0.2, 0) is 4.79 Å². The van der Waals surface area contributed by atoms with Gasteiger partial charge in [0, 0.05) is 11.8 Å². The van der Waals surface area contributed by atoms with Gasteiger partial charge in [-0.05, 0) is 37.3 Å². The molecule has 2 rings (SSSR count). The van der Waals surface area contributed by atoms with E-state index in [1.54, 1.807) is 62.6 Å². The summed E-state index contributed by atoms with van der Waals surface area (Å²) in [7, 11) is 1.57. The Morgan fingerprint density at radius 3 is 2.64 bits per heavy atom. The number of amides is 1. The zero-order chi connectivity index (χ0) is 15.9. The van der Waals surface area contributed by atoms with Crippen LogP contribution in [0.4, 0.5) is 5.69 Å². The highest BCUT2D eigenvalue weighted by atomic mass is 16.5. The third-order valence-corrected chi connectivity index (χ3v) is 2.98. The van der Waals surface area contributed by atoms with Gasteiger partial charge in [-0.1, -0.05) is 12.1 Å². The third-order valence-electron chi connectivity index (χ3n) is 2.98. The predicted molar refractivity (Wildman–Crippen MR) is 82.9 cm³/mol. The van der Waals surface area contributed by atoms with Crippen LogP contribution in [0.1, 0.15) is 12.5 Å². The van der Waals surface area contributed by atoms with Crippen LogP contribution in [0.15, 0.2) is 48.5 Å². The number of rotatable bonds is 5. The molecular weight excluding hydrogens is 280 g/mol. The van der Waals surface area contributed by atoms with Gasteiger partial charge in [0.1, 0.15) is 11.5 Å². The highest BCUT2D eigenvalue weighted by Gasteiger charge is 2.15. The molecule has 0 heterocycles. The first-order chi connectivity index (χ1) is 10.6.